The van der Waals surface area contributed by atoms with Gasteiger partial charge < -0.3 is 10.2 Å². The smallest absolute Gasteiger partial charge is 0.265 e. The number of hydrogen-bond donors (Lipinski definition) is 1. The van der Waals surface area contributed by atoms with E-state index in [1.54, 1.807) is 16.7 Å². The molecule has 38 heavy (non-hydrogen) atoms. The van der Waals surface area contributed by atoms with Gasteiger partial charge in [-0.25, -0.2) is 4.98 Å². The molecule has 1 aromatic heterocycles. The molecule has 2 aromatic carbocycles. The summed E-state index contributed by atoms with van der Waals surface area (Å²) in [5.74, 6) is 0.611. The first-order valence-electron chi connectivity index (χ1n) is 14.2. The highest BCUT2D eigenvalue weighted by Gasteiger charge is 2.39. The molecule has 2 saturated heterocycles. The molecule has 1 N–H and O–H groups in total. The van der Waals surface area contributed by atoms with Crippen molar-refractivity contribution in [3.05, 3.63) is 69.2 Å². The molecule has 2 unspecified atom stereocenters. The summed E-state index contributed by atoms with van der Waals surface area (Å²) >= 11 is 6.34. The number of aromatic nitrogens is 2. The molecule has 3 aromatic rings. The SMILES string of the molecule is CCCCC(Cc1nc2c(C)cccc2c(=O)n1-c1cccc(Cl)c1)C(=O)N1CCCC2(CCCNC2)C1. The number of nitrogens with zero attached hydrogens (tertiary/aromatic N) is 3. The van der Waals surface area contributed by atoms with E-state index in [1.807, 2.05) is 37.3 Å². The second-order valence-electron chi connectivity index (χ2n) is 11.3. The number of fused-ring (bicyclic) bond motifs is 1. The van der Waals surface area contributed by atoms with Crippen LogP contribution in [0.3, 0.4) is 0 Å². The summed E-state index contributed by atoms with van der Waals surface area (Å²) in [6.07, 6.45) is 7.78. The largest absolute Gasteiger partial charge is 0.342 e. The minimum atomic E-state index is -0.222. The summed E-state index contributed by atoms with van der Waals surface area (Å²) in [5, 5.41) is 4.71. The number of nitrogens with one attached hydrogen (secondary N) is 1. The third kappa shape index (κ3) is 5.52. The fraction of sp³-hybridized carbons (Fsp3) is 0.516. The highest BCUT2D eigenvalue weighted by molar-refractivity contribution is 6.30. The Labute approximate surface area is 230 Å². The van der Waals surface area contributed by atoms with Crippen LogP contribution in [0.25, 0.3) is 16.6 Å². The number of carbonyl (C=O) groups is 1. The number of aryl methyl sites for hydroxylation is 1. The lowest BCUT2D eigenvalue weighted by Gasteiger charge is -2.46. The van der Waals surface area contributed by atoms with Crippen LogP contribution in [-0.4, -0.2) is 46.5 Å². The number of rotatable bonds is 7. The van der Waals surface area contributed by atoms with Gasteiger partial charge >= 0.3 is 0 Å². The van der Waals surface area contributed by atoms with Crippen molar-refractivity contribution in [2.24, 2.45) is 11.3 Å². The van der Waals surface area contributed by atoms with E-state index in [1.165, 1.54) is 19.3 Å². The third-order valence-electron chi connectivity index (χ3n) is 8.45. The summed E-state index contributed by atoms with van der Waals surface area (Å²) in [4.78, 5) is 35.1. The van der Waals surface area contributed by atoms with Gasteiger partial charge in [0.05, 0.1) is 16.6 Å². The van der Waals surface area contributed by atoms with Gasteiger partial charge in [-0.05, 0) is 75.4 Å². The maximum Gasteiger partial charge on any atom is 0.265 e. The van der Waals surface area contributed by atoms with Gasteiger partial charge in [-0.3, -0.25) is 14.2 Å². The van der Waals surface area contributed by atoms with E-state index < -0.39 is 0 Å². The quantitative estimate of drug-likeness (QED) is 0.423. The van der Waals surface area contributed by atoms with Crippen molar-refractivity contribution in [2.75, 3.05) is 26.2 Å². The summed E-state index contributed by atoms with van der Waals surface area (Å²) in [7, 11) is 0. The number of benzene rings is 2. The second-order valence-corrected chi connectivity index (χ2v) is 11.7. The monoisotopic (exact) mass is 534 g/mol. The van der Waals surface area contributed by atoms with Crippen molar-refractivity contribution < 1.29 is 4.79 Å². The molecule has 2 aliphatic rings. The molecular formula is C31H39ClN4O2. The van der Waals surface area contributed by atoms with Crippen molar-refractivity contribution in [3.63, 3.8) is 0 Å². The normalized spacial score (nSPS) is 20.7. The van der Waals surface area contributed by atoms with E-state index in [9.17, 15) is 9.59 Å². The molecule has 2 aliphatic heterocycles. The lowest BCUT2D eigenvalue weighted by atomic mass is 9.74. The summed E-state index contributed by atoms with van der Waals surface area (Å²) in [5.41, 5.74) is 2.42. The Bertz CT molecular complexity index is 1360. The molecule has 6 nitrogen and oxygen atoms in total. The minimum absolute atomic E-state index is 0.122. The van der Waals surface area contributed by atoms with Crippen LogP contribution in [0.4, 0.5) is 0 Å². The zero-order valence-corrected chi connectivity index (χ0v) is 23.4. The van der Waals surface area contributed by atoms with E-state index in [2.05, 4.69) is 17.1 Å². The average Bonchev–Trinajstić information content (AvgIpc) is 2.92. The third-order valence-corrected chi connectivity index (χ3v) is 8.69. The van der Waals surface area contributed by atoms with E-state index in [-0.39, 0.29) is 22.8 Å². The number of likely N-dealkylation sites (tertiary alicyclic amines) is 1. The number of para-hydroxylation sites is 1. The Kier molecular flexibility index (Phi) is 8.20. The maximum atomic E-state index is 14.1. The number of unbranched alkanes of at least 4 members (excludes halogenated alkanes) is 1. The first kappa shape index (κ1) is 26.9. The molecular weight excluding hydrogens is 496 g/mol. The summed E-state index contributed by atoms with van der Waals surface area (Å²) in [6, 6.07) is 13.0. The molecule has 7 heteroatoms. The first-order chi connectivity index (χ1) is 18.4. The highest BCUT2D eigenvalue weighted by Crippen LogP contribution is 2.37. The maximum absolute atomic E-state index is 14.1. The van der Waals surface area contributed by atoms with E-state index >= 15 is 0 Å². The van der Waals surface area contributed by atoms with Crippen LogP contribution < -0.4 is 10.9 Å². The molecule has 1 amide bonds. The average molecular weight is 535 g/mol. The zero-order valence-electron chi connectivity index (χ0n) is 22.6. The number of hydrogen-bond acceptors (Lipinski definition) is 4. The van der Waals surface area contributed by atoms with E-state index in [4.69, 9.17) is 16.6 Å². The van der Waals surface area contributed by atoms with Gasteiger partial charge in [0.25, 0.3) is 5.56 Å². The molecule has 202 valence electrons. The highest BCUT2D eigenvalue weighted by atomic mass is 35.5. The van der Waals surface area contributed by atoms with Gasteiger partial charge in [0.15, 0.2) is 0 Å². The lowest BCUT2D eigenvalue weighted by Crippen LogP contribution is -2.53. The fourth-order valence-corrected chi connectivity index (χ4v) is 6.62. The van der Waals surface area contributed by atoms with Gasteiger partial charge in [0, 0.05) is 42.4 Å². The molecule has 5 rings (SSSR count). The standard InChI is InChI=1S/C31H39ClN4O2/c1-3-4-10-23(29(37)35-17-8-15-31(21-35)14-7-16-33-20-31)18-27-34-28-22(2)9-5-13-26(28)30(38)36(27)25-12-6-11-24(32)19-25/h5-6,9,11-13,19,23,33H,3-4,7-8,10,14-18,20-21H2,1-2H3. The van der Waals surface area contributed by atoms with Crippen molar-refractivity contribution in [2.45, 2.75) is 65.2 Å². The van der Waals surface area contributed by atoms with Crippen LogP contribution in [0.15, 0.2) is 47.3 Å². The number of halogens is 1. The zero-order chi connectivity index (χ0) is 26.7. The molecule has 0 aliphatic carbocycles. The molecule has 0 bridgehead atoms. The first-order valence-corrected chi connectivity index (χ1v) is 14.6. The fourth-order valence-electron chi connectivity index (χ4n) is 6.43. The van der Waals surface area contributed by atoms with E-state index in [0.29, 0.717) is 33.9 Å². The summed E-state index contributed by atoms with van der Waals surface area (Å²) in [6.45, 7) is 7.85. The van der Waals surface area contributed by atoms with E-state index in [0.717, 1.165) is 57.4 Å². The number of amides is 1. The van der Waals surface area contributed by atoms with Crippen molar-refractivity contribution in [1.82, 2.24) is 19.8 Å². The molecule has 1 spiro atoms. The van der Waals surface area contributed by atoms with Gasteiger partial charge in [-0.15, -0.1) is 0 Å². The lowest BCUT2D eigenvalue weighted by molar-refractivity contribution is -0.139. The van der Waals surface area contributed by atoms with Crippen molar-refractivity contribution in [3.8, 4) is 5.69 Å². The molecule has 2 atom stereocenters. The van der Waals surface area contributed by atoms with Crippen LogP contribution in [0.1, 0.15) is 63.3 Å². The topological polar surface area (TPSA) is 67.2 Å². The van der Waals surface area contributed by atoms with Crippen LogP contribution in [0, 0.1) is 18.3 Å². The van der Waals surface area contributed by atoms with Crippen LogP contribution in [0.2, 0.25) is 5.02 Å². The summed E-state index contributed by atoms with van der Waals surface area (Å²) < 4.78 is 1.67. The predicted octanol–water partition coefficient (Wildman–Crippen LogP) is 5.69. The predicted molar refractivity (Wildman–Crippen MR) is 154 cm³/mol. The van der Waals surface area contributed by atoms with Crippen molar-refractivity contribution >= 4 is 28.4 Å². The van der Waals surface area contributed by atoms with Crippen LogP contribution >= 0.6 is 11.6 Å². The Morgan fingerprint density at radius 1 is 1.18 bits per heavy atom. The van der Waals surface area contributed by atoms with Crippen molar-refractivity contribution in [1.29, 1.82) is 0 Å². The Balaban J connectivity index is 1.54. The van der Waals surface area contributed by atoms with Gasteiger partial charge in [-0.1, -0.05) is 49.6 Å². The van der Waals surface area contributed by atoms with Gasteiger partial charge in [0.2, 0.25) is 5.91 Å². The Morgan fingerprint density at radius 3 is 2.76 bits per heavy atom. The second kappa shape index (κ2) is 11.6. The Hall–Kier alpha value is -2.70. The van der Waals surface area contributed by atoms with Crippen LogP contribution in [0.5, 0.6) is 0 Å². The molecule has 0 saturated carbocycles. The van der Waals surface area contributed by atoms with Crippen LogP contribution in [-0.2, 0) is 11.2 Å². The molecule has 0 radical (unpaired) electrons. The molecule has 3 heterocycles. The van der Waals surface area contributed by atoms with Gasteiger partial charge in [-0.2, -0.15) is 0 Å². The minimum Gasteiger partial charge on any atom is -0.342 e. The molecule has 2 fully saturated rings. The number of piperidine rings is 2. The van der Waals surface area contributed by atoms with Gasteiger partial charge in [0.1, 0.15) is 5.82 Å². The Morgan fingerprint density at radius 2 is 2.00 bits per heavy atom. The number of carbonyl (C=O) groups excluding carboxylic acids is 1.